The van der Waals surface area contributed by atoms with Crippen molar-refractivity contribution in [1.29, 1.82) is 0 Å². The number of rotatable bonds is 14. The van der Waals surface area contributed by atoms with E-state index in [1.165, 1.54) is 48.4 Å². The Bertz CT molecular complexity index is 1920. The predicted octanol–water partition coefficient (Wildman–Crippen LogP) is 5.60. The molecule has 0 saturated heterocycles. The zero-order chi connectivity index (χ0) is 37.1. The first-order valence-corrected chi connectivity index (χ1v) is 16.8. The van der Waals surface area contributed by atoms with Gasteiger partial charge in [0.15, 0.2) is 23.0 Å². The quantitative estimate of drug-likeness (QED) is 0.0500. The number of nitrogens with one attached hydrogen (secondary N) is 2. The minimum atomic E-state index is -1.41. The molecule has 10 nitrogen and oxygen atoms in total. The van der Waals surface area contributed by atoms with Crippen LogP contribution in [0.25, 0.3) is 6.08 Å². The van der Waals surface area contributed by atoms with Crippen molar-refractivity contribution in [3.05, 3.63) is 161 Å². The van der Waals surface area contributed by atoms with Crippen molar-refractivity contribution in [3.8, 4) is 23.0 Å². The average Bonchev–Trinajstić information content (AvgIpc) is 3.17. The van der Waals surface area contributed by atoms with E-state index in [4.69, 9.17) is 0 Å². The highest BCUT2D eigenvalue weighted by Crippen LogP contribution is 2.44. The smallest absolute Gasteiger partial charge is 0.248 e. The molecule has 6 N–H and O–H groups in total. The SMILES string of the molecule is CNC(=O)CC[C@@H](C(=O)NCCc1ccc(O)c(O)c1)N(C(=O)C=Cc1ccc(O)c(O)c1)C(c1ccccc1)(c1ccccc1)c1ccccc1. The molecule has 0 heterocycles. The Labute approximate surface area is 302 Å². The van der Waals surface area contributed by atoms with Crippen LogP contribution in [0.3, 0.4) is 0 Å². The zero-order valence-electron chi connectivity index (χ0n) is 28.6. The van der Waals surface area contributed by atoms with Gasteiger partial charge in [0.05, 0.1) is 0 Å². The summed E-state index contributed by atoms with van der Waals surface area (Å²) in [4.78, 5) is 43.9. The van der Waals surface area contributed by atoms with Gasteiger partial charge in [-0.2, -0.15) is 0 Å². The molecule has 5 aromatic rings. The molecule has 0 aromatic heterocycles. The highest BCUT2D eigenvalue weighted by Gasteiger charge is 2.49. The van der Waals surface area contributed by atoms with Crippen LogP contribution in [0.1, 0.15) is 40.7 Å². The van der Waals surface area contributed by atoms with Gasteiger partial charge in [0.25, 0.3) is 0 Å². The molecule has 0 bridgehead atoms. The maximum atomic E-state index is 15.1. The molecule has 266 valence electrons. The Balaban J connectivity index is 1.71. The van der Waals surface area contributed by atoms with Gasteiger partial charge in [0, 0.05) is 26.1 Å². The minimum Gasteiger partial charge on any atom is -0.504 e. The molecule has 5 rings (SSSR count). The van der Waals surface area contributed by atoms with Gasteiger partial charge in [-0.25, -0.2) is 0 Å². The molecule has 0 saturated carbocycles. The summed E-state index contributed by atoms with van der Waals surface area (Å²) in [6, 6.07) is 35.5. The van der Waals surface area contributed by atoms with Gasteiger partial charge in [0.1, 0.15) is 11.6 Å². The lowest BCUT2D eigenvalue weighted by Crippen LogP contribution is -2.60. The molecule has 0 spiro atoms. The van der Waals surface area contributed by atoms with Crippen LogP contribution in [-0.2, 0) is 26.3 Å². The van der Waals surface area contributed by atoms with Gasteiger partial charge in [0.2, 0.25) is 17.7 Å². The number of nitrogens with zero attached hydrogens (tertiary/aromatic N) is 1. The molecule has 0 radical (unpaired) electrons. The van der Waals surface area contributed by atoms with Crippen molar-refractivity contribution < 1.29 is 34.8 Å². The largest absolute Gasteiger partial charge is 0.504 e. The van der Waals surface area contributed by atoms with E-state index in [-0.39, 0.29) is 48.3 Å². The molecule has 3 amide bonds. The number of aromatic hydroxyl groups is 4. The molecule has 1 atom stereocenters. The summed E-state index contributed by atoms with van der Waals surface area (Å²) in [7, 11) is 1.51. The van der Waals surface area contributed by atoms with E-state index in [0.29, 0.717) is 34.2 Å². The number of carbonyl (C=O) groups is 3. The van der Waals surface area contributed by atoms with Crippen LogP contribution in [0.5, 0.6) is 23.0 Å². The first-order chi connectivity index (χ1) is 25.1. The summed E-state index contributed by atoms with van der Waals surface area (Å²) in [6.07, 6.45) is 2.99. The summed E-state index contributed by atoms with van der Waals surface area (Å²) in [5.41, 5.74) is 1.75. The molecule has 0 aliphatic heterocycles. The third kappa shape index (κ3) is 8.24. The standard InChI is InChI=1S/C42H41N3O7/c1-43-39(50)23-20-34(41(52)44-26-25-30-18-22-36(47)38(49)28-30)45(40(51)24-19-29-17-21-35(46)37(48)27-29)42(31-11-5-2-6-12-31,32-13-7-3-8-14-32)33-15-9-4-10-16-33/h2-19,21-22,24,27-28,34,46-49H,20,23,25-26H2,1H3,(H,43,50)(H,44,52)/t34-/m0/s1. The van der Waals surface area contributed by atoms with Crippen molar-refractivity contribution in [3.63, 3.8) is 0 Å². The fraction of sp³-hybridized carbons (Fsp3) is 0.167. The molecular formula is C42H41N3O7. The van der Waals surface area contributed by atoms with E-state index in [2.05, 4.69) is 10.6 Å². The topological polar surface area (TPSA) is 159 Å². The number of phenolic OH excluding ortho intramolecular Hbond substituents is 4. The van der Waals surface area contributed by atoms with Crippen molar-refractivity contribution >= 4 is 23.8 Å². The highest BCUT2D eigenvalue weighted by atomic mass is 16.3. The van der Waals surface area contributed by atoms with Crippen LogP contribution in [0.15, 0.2) is 133 Å². The van der Waals surface area contributed by atoms with Crippen LogP contribution in [0.2, 0.25) is 0 Å². The minimum absolute atomic E-state index is 0.0423. The summed E-state index contributed by atoms with van der Waals surface area (Å²) in [5.74, 6) is -2.60. The summed E-state index contributed by atoms with van der Waals surface area (Å²) >= 11 is 0. The number of hydrogen-bond donors (Lipinski definition) is 6. The first-order valence-electron chi connectivity index (χ1n) is 16.8. The van der Waals surface area contributed by atoms with E-state index in [1.807, 2.05) is 91.0 Å². The van der Waals surface area contributed by atoms with E-state index >= 15 is 4.79 Å². The van der Waals surface area contributed by atoms with Gasteiger partial charge in [-0.15, -0.1) is 0 Å². The molecular weight excluding hydrogens is 658 g/mol. The maximum Gasteiger partial charge on any atom is 0.248 e. The summed E-state index contributed by atoms with van der Waals surface area (Å²) in [6.45, 7) is 0.124. The van der Waals surface area contributed by atoms with Gasteiger partial charge in [-0.05, 0) is 71.0 Å². The summed E-state index contributed by atoms with van der Waals surface area (Å²) in [5, 5.41) is 45.4. The Kier molecular flexibility index (Phi) is 11.9. The molecule has 0 aliphatic rings. The van der Waals surface area contributed by atoms with Gasteiger partial charge >= 0.3 is 0 Å². The third-order valence-electron chi connectivity index (χ3n) is 8.88. The maximum absolute atomic E-state index is 15.1. The normalized spacial score (nSPS) is 11.9. The van der Waals surface area contributed by atoms with Crippen LogP contribution in [-0.4, -0.2) is 62.7 Å². The molecule has 0 unspecified atom stereocenters. The fourth-order valence-electron chi connectivity index (χ4n) is 6.34. The zero-order valence-corrected chi connectivity index (χ0v) is 28.6. The first kappa shape index (κ1) is 36.7. The van der Waals surface area contributed by atoms with Crippen molar-refractivity contribution in [2.45, 2.75) is 30.8 Å². The average molecular weight is 700 g/mol. The number of benzene rings is 5. The van der Waals surface area contributed by atoms with Crippen LogP contribution >= 0.6 is 0 Å². The van der Waals surface area contributed by atoms with Crippen LogP contribution in [0.4, 0.5) is 0 Å². The van der Waals surface area contributed by atoms with E-state index < -0.39 is 23.4 Å². The van der Waals surface area contributed by atoms with Crippen molar-refractivity contribution in [2.24, 2.45) is 0 Å². The molecule has 0 aliphatic carbocycles. The Morgan fingerprint density at radius 1 is 0.692 bits per heavy atom. The number of amides is 3. The number of hydrogen-bond acceptors (Lipinski definition) is 7. The van der Waals surface area contributed by atoms with Gasteiger partial charge in [-0.3, -0.25) is 14.4 Å². The summed E-state index contributed by atoms with van der Waals surface area (Å²) < 4.78 is 0. The number of carbonyl (C=O) groups excluding carboxylic acids is 3. The molecule has 5 aromatic carbocycles. The lowest BCUT2D eigenvalue weighted by atomic mass is 9.74. The second-order valence-corrected chi connectivity index (χ2v) is 12.2. The Morgan fingerprint density at radius 2 is 1.21 bits per heavy atom. The van der Waals surface area contributed by atoms with Crippen LogP contribution in [0, 0.1) is 0 Å². The second-order valence-electron chi connectivity index (χ2n) is 12.2. The highest BCUT2D eigenvalue weighted by molar-refractivity contribution is 5.97. The monoisotopic (exact) mass is 699 g/mol. The van der Waals surface area contributed by atoms with E-state index in [9.17, 15) is 30.0 Å². The lowest BCUT2D eigenvalue weighted by Gasteiger charge is -2.48. The van der Waals surface area contributed by atoms with Crippen molar-refractivity contribution in [1.82, 2.24) is 15.5 Å². The predicted molar refractivity (Wildman–Crippen MR) is 198 cm³/mol. The van der Waals surface area contributed by atoms with Gasteiger partial charge in [-0.1, -0.05) is 103 Å². The van der Waals surface area contributed by atoms with Crippen molar-refractivity contribution in [2.75, 3.05) is 13.6 Å². The molecule has 10 heteroatoms. The Morgan fingerprint density at radius 3 is 1.71 bits per heavy atom. The lowest BCUT2D eigenvalue weighted by molar-refractivity contribution is -0.142. The number of phenols is 4. The van der Waals surface area contributed by atoms with Crippen LogP contribution < -0.4 is 10.6 Å². The van der Waals surface area contributed by atoms with E-state index in [1.54, 1.807) is 12.1 Å². The van der Waals surface area contributed by atoms with Gasteiger partial charge < -0.3 is 36.0 Å². The van der Waals surface area contributed by atoms with E-state index in [0.717, 1.165) is 0 Å². The third-order valence-corrected chi connectivity index (χ3v) is 8.88. The molecule has 0 fully saturated rings. The fourth-order valence-corrected chi connectivity index (χ4v) is 6.34. The Hall–Kier alpha value is -6.55. The molecule has 52 heavy (non-hydrogen) atoms. The second kappa shape index (κ2) is 16.9.